The van der Waals surface area contributed by atoms with Crippen molar-refractivity contribution in [1.82, 2.24) is 0 Å². The van der Waals surface area contributed by atoms with E-state index in [0.717, 1.165) is 0 Å². The van der Waals surface area contributed by atoms with E-state index in [-0.39, 0.29) is 0 Å². The molecule has 6 rings (SSSR count). The molecule has 0 aromatic heterocycles. The second-order valence-corrected chi connectivity index (χ2v) is 33.5. The van der Waals surface area contributed by atoms with Crippen molar-refractivity contribution in [3.8, 4) is 0 Å². The van der Waals surface area contributed by atoms with Crippen LogP contribution in [0.5, 0.6) is 0 Å². The Labute approximate surface area is 220 Å². The van der Waals surface area contributed by atoms with Gasteiger partial charge in [0.25, 0.3) is 0 Å². The molecule has 0 unspecified atom stereocenters. The molecule has 0 bridgehead atoms. The highest BCUT2D eigenvalue weighted by atomic mass is 31.1. The highest BCUT2D eigenvalue weighted by Gasteiger charge is 3.39. The summed E-state index contributed by atoms with van der Waals surface area (Å²) in [5.74, 6) is 0. The van der Waals surface area contributed by atoms with Crippen LogP contribution in [0.4, 0.5) is 0 Å². The van der Waals surface area contributed by atoms with Crippen LogP contribution in [0.3, 0.4) is 0 Å². The molecule has 35 heavy (non-hydrogen) atoms. The van der Waals surface area contributed by atoms with E-state index in [0.29, 0.717) is 20.3 Å². The highest BCUT2D eigenvalue weighted by molar-refractivity contribution is 7.78. The Bertz CT molecular complexity index is 1110. The van der Waals surface area contributed by atoms with Gasteiger partial charge in [-0.3, -0.25) is 0 Å². The highest BCUT2D eigenvalue weighted by Crippen LogP contribution is 3.49. The molecule has 4 saturated carbocycles. The summed E-state index contributed by atoms with van der Waals surface area (Å²) in [6, 6.07) is 9.97. The molecule has 4 heteroatoms. The summed E-state index contributed by atoms with van der Waals surface area (Å²) in [4.78, 5) is 0. The van der Waals surface area contributed by atoms with Gasteiger partial charge in [0.2, 0.25) is 0 Å². The summed E-state index contributed by atoms with van der Waals surface area (Å²) in [5, 5.41) is 6.09. The number of hydrogen-bond donors (Lipinski definition) is 0. The third-order valence-corrected chi connectivity index (χ3v) is 26.0. The van der Waals surface area contributed by atoms with Gasteiger partial charge in [-0.1, -0.05) is 94.3 Å². The quantitative estimate of drug-likeness (QED) is 0.255. The second kappa shape index (κ2) is 6.74. The van der Waals surface area contributed by atoms with Gasteiger partial charge in [0.15, 0.2) is 0 Å². The average molecular weight is 537 g/mol. The van der Waals surface area contributed by atoms with Crippen molar-refractivity contribution in [3.63, 3.8) is 0 Å². The van der Waals surface area contributed by atoms with Crippen molar-refractivity contribution in [1.29, 1.82) is 0 Å². The molecule has 190 valence electrons. The lowest BCUT2D eigenvalue weighted by atomic mass is 10.1. The van der Waals surface area contributed by atoms with Gasteiger partial charge >= 0.3 is 0 Å². The first-order valence-corrected chi connectivity index (χ1v) is 25.6. The van der Waals surface area contributed by atoms with Gasteiger partial charge in [-0.25, -0.2) is 0 Å². The van der Waals surface area contributed by atoms with Gasteiger partial charge in [-0.15, -0.1) is 0 Å². The van der Waals surface area contributed by atoms with Crippen LogP contribution in [-0.4, -0.2) is 29.4 Å². The molecule has 2 aromatic carbocycles. The molecule has 0 saturated heterocycles. The van der Waals surface area contributed by atoms with Gasteiger partial charge < -0.3 is 0 Å². The van der Waals surface area contributed by atoms with Crippen molar-refractivity contribution in [2.75, 3.05) is 0 Å². The van der Waals surface area contributed by atoms with E-state index in [2.05, 4.69) is 125 Å². The second-order valence-electron chi connectivity index (χ2n) is 15.5. The number of rotatable bonds is 6. The predicted octanol–water partition coefficient (Wildman–Crippen LogP) is 8.99. The molecule has 0 amide bonds. The Morgan fingerprint density at radius 1 is 0.457 bits per heavy atom. The fraction of sp³-hybridized carbons (Fsp3) is 0.613. The zero-order valence-corrected chi connectivity index (χ0v) is 29.2. The fourth-order valence-electron chi connectivity index (χ4n) is 11.0. The Hall–Kier alpha value is -0.479. The van der Waals surface area contributed by atoms with Gasteiger partial charge in [0, 0.05) is 5.16 Å². The standard InChI is InChI=1S/C31H49PSi3/c1-20-16-22(3)26(23(4)17-20)32(27-24(5)18-21(2)19-25(27)6)28-29(33(7,8)9)30(28,34(10,11)12)31(28,29)35(13,14)15/h16-19H,1-15H3. The van der Waals surface area contributed by atoms with Gasteiger partial charge in [-0.05, 0) is 97.4 Å². The average Bonchev–Trinajstić information content (AvgIpc) is 3.49. The molecule has 0 nitrogen and oxygen atoms in total. The van der Waals surface area contributed by atoms with Crippen molar-refractivity contribution in [2.45, 2.75) is 121 Å². The van der Waals surface area contributed by atoms with Crippen LogP contribution < -0.4 is 10.6 Å². The Morgan fingerprint density at radius 3 is 0.886 bits per heavy atom. The van der Waals surface area contributed by atoms with E-state index < -0.39 is 32.1 Å². The maximum Gasteiger partial charge on any atom is 0.0525 e. The molecule has 4 aliphatic carbocycles. The Kier molecular flexibility index (Phi) is 5.03. The first-order chi connectivity index (χ1) is 15.8. The van der Waals surface area contributed by atoms with E-state index in [1.807, 2.05) is 0 Å². The maximum atomic E-state index is 2.75. The van der Waals surface area contributed by atoms with Crippen LogP contribution in [0.25, 0.3) is 0 Å². The van der Waals surface area contributed by atoms with Crippen LogP contribution >= 0.6 is 7.92 Å². The van der Waals surface area contributed by atoms with Crippen molar-refractivity contribution in [3.05, 3.63) is 57.6 Å². The summed E-state index contributed by atoms with van der Waals surface area (Å²) >= 11 is 0. The first-order valence-electron chi connectivity index (χ1n) is 13.7. The third kappa shape index (κ3) is 2.37. The van der Waals surface area contributed by atoms with Crippen LogP contribution in [0.1, 0.15) is 33.4 Å². The maximum absolute atomic E-state index is 2.75. The minimum absolute atomic E-state index is 0.412. The van der Waals surface area contributed by atoms with E-state index >= 15 is 0 Å². The van der Waals surface area contributed by atoms with Crippen LogP contribution in [-0.2, 0) is 0 Å². The normalized spacial score (nSPS) is 33.1. The SMILES string of the molecule is Cc1cc(C)c(P(c2c(C)cc(C)cc2C)C23C4([Si](C)(C)C)C2([Si](C)(C)C)C34[Si](C)(C)C)c(C)c1. The molecule has 0 N–H and O–H groups in total. The van der Waals surface area contributed by atoms with Crippen molar-refractivity contribution in [2.24, 2.45) is 0 Å². The molecule has 0 atom stereocenters. The fourth-order valence-corrected chi connectivity index (χ4v) is 40.4. The van der Waals surface area contributed by atoms with Crippen molar-refractivity contribution >= 4 is 42.8 Å². The minimum atomic E-state index is -1.41. The van der Waals surface area contributed by atoms with E-state index in [1.54, 1.807) is 32.9 Å². The topological polar surface area (TPSA) is 0 Å². The van der Waals surface area contributed by atoms with Crippen LogP contribution in [0.15, 0.2) is 24.3 Å². The lowest BCUT2D eigenvalue weighted by Gasteiger charge is -2.29. The molecule has 4 fully saturated rings. The van der Waals surface area contributed by atoms with Crippen LogP contribution in [0.2, 0.25) is 74.0 Å². The number of benzene rings is 2. The van der Waals surface area contributed by atoms with E-state index in [9.17, 15) is 0 Å². The van der Waals surface area contributed by atoms with Gasteiger partial charge in [0.1, 0.15) is 0 Å². The molecule has 0 spiro atoms. The first kappa shape index (κ1) is 26.1. The largest absolute Gasteiger partial charge is 0.0691 e. The molecule has 0 heterocycles. The molecular formula is C31H49PSi3. The molecular weight excluding hydrogens is 488 g/mol. The molecule has 0 radical (unpaired) electrons. The van der Waals surface area contributed by atoms with Gasteiger partial charge in [0.05, 0.1) is 24.2 Å². The van der Waals surface area contributed by atoms with E-state index in [1.165, 1.54) is 11.1 Å². The zero-order chi connectivity index (χ0) is 26.5. The minimum Gasteiger partial charge on any atom is -0.0691 e. The van der Waals surface area contributed by atoms with Crippen LogP contribution in [0, 0.1) is 41.5 Å². The smallest absolute Gasteiger partial charge is 0.0525 e. The number of hydrogen-bond acceptors (Lipinski definition) is 0. The zero-order valence-electron chi connectivity index (χ0n) is 25.3. The summed E-state index contributed by atoms with van der Waals surface area (Å²) in [5.41, 5.74) is 9.07. The summed E-state index contributed by atoms with van der Waals surface area (Å²) in [6.07, 6.45) is 0. The Balaban J connectivity index is 1.91. The lowest BCUT2D eigenvalue weighted by Crippen LogP contribution is -2.27. The molecule has 4 aliphatic rings. The molecule has 0 aliphatic heterocycles. The molecule has 2 aromatic rings. The van der Waals surface area contributed by atoms with Gasteiger partial charge in [-0.2, -0.15) is 0 Å². The number of aryl methyl sites for hydroxylation is 6. The monoisotopic (exact) mass is 536 g/mol. The summed E-state index contributed by atoms with van der Waals surface area (Å²) in [6.45, 7) is 39.0. The van der Waals surface area contributed by atoms with Crippen molar-refractivity contribution < 1.29 is 0 Å². The summed E-state index contributed by atoms with van der Waals surface area (Å²) in [7, 11) is -4.63. The lowest BCUT2D eigenvalue weighted by molar-refractivity contribution is 1.27. The third-order valence-electron chi connectivity index (χ3n) is 10.5. The Morgan fingerprint density at radius 2 is 0.686 bits per heavy atom. The van der Waals surface area contributed by atoms with E-state index in [4.69, 9.17) is 0 Å². The predicted molar refractivity (Wildman–Crippen MR) is 168 cm³/mol. The summed E-state index contributed by atoms with van der Waals surface area (Å²) < 4.78 is 0.